The van der Waals surface area contributed by atoms with Crippen molar-refractivity contribution >= 4 is 27.5 Å². The first-order valence-corrected chi connectivity index (χ1v) is 10.6. The maximum absolute atomic E-state index is 12.4. The summed E-state index contributed by atoms with van der Waals surface area (Å²) in [5.41, 5.74) is 1.68. The zero-order valence-electron chi connectivity index (χ0n) is 16.2. The number of sulfonamides is 1. The molecule has 8 nitrogen and oxygen atoms in total. The molecule has 1 aromatic heterocycles. The Morgan fingerprint density at radius 3 is 2.23 bits per heavy atom. The molecule has 0 radical (unpaired) electrons. The maximum atomic E-state index is 12.4. The van der Waals surface area contributed by atoms with Crippen LogP contribution in [0.5, 0.6) is 0 Å². The average Bonchev–Trinajstić information content (AvgIpc) is 3.25. The molecule has 3 rings (SSSR count). The van der Waals surface area contributed by atoms with Gasteiger partial charge in [-0.05, 0) is 54.1 Å². The van der Waals surface area contributed by atoms with Gasteiger partial charge in [-0.1, -0.05) is 12.1 Å². The fourth-order valence-corrected chi connectivity index (χ4v) is 3.66. The summed E-state index contributed by atoms with van der Waals surface area (Å²) in [6, 6.07) is 16.0. The highest BCUT2D eigenvalue weighted by molar-refractivity contribution is 7.89. The van der Waals surface area contributed by atoms with Gasteiger partial charge in [0.25, 0.3) is 5.91 Å². The first kappa shape index (κ1) is 21.3. The monoisotopic (exact) mass is 427 g/mol. The lowest BCUT2D eigenvalue weighted by molar-refractivity contribution is -0.114. The van der Waals surface area contributed by atoms with E-state index in [2.05, 4.69) is 15.4 Å². The van der Waals surface area contributed by atoms with E-state index in [-0.39, 0.29) is 29.8 Å². The minimum atomic E-state index is -3.72. The van der Waals surface area contributed by atoms with Gasteiger partial charge in [0.1, 0.15) is 5.76 Å². The largest absolute Gasteiger partial charge is 0.467 e. The van der Waals surface area contributed by atoms with Crippen LogP contribution < -0.4 is 15.4 Å². The topological polar surface area (TPSA) is 118 Å². The summed E-state index contributed by atoms with van der Waals surface area (Å²) in [5, 5.41) is 5.32. The zero-order chi connectivity index (χ0) is 21.6. The van der Waals surface area contributed by atoms with E-state index in [1.165, 1.54) is 37.5 Å². The van der Waals surface area contributed by atoms with Crippen LogP contribution in [0.2, 0.25) is 0 Å². The summed E-state index contributed by atoms with van der Waals surface area (Å²) >= 11 is 0. The molecule has 9 heteroatoms. The third-order valence-electron chi connectivity index (χ3n) is 4.17. The van der Waals surface area contributed by atoms with E-state index in [9.17, 15) is 18.0 Å². The first-order chi connectivity index (χ1) is 14.3. The van der Waals surface area contributed by atoms with Gasteiger partial charge in [0.05, 0.1) is 17.7 Å². The number of amides is 2. The van der Waals surface area contributed by atoms with Crippen molar-refractivity contribution in [1.29, 1.82) is 0 Å². The van der Waals surface area contributed by atoms with Crippen molar-refractivity contribution in [2.24, 2.45) is 0 Å². The molecule has 1 heterocycles. The van der Waals surface area contributed by atoms with Crippen molar-refractivity contribution in [2.45, 2.75) is 24.9 Å². The molecule has 0 aliphatic rings. The minimum Gasteiger partial charge on any atom is -0.467 e. The number of rotatable bonds is 8. The summed E-state index contributed by atoms with van der Waals surface area (Å²) in [6.07, 6.45) is 1.54. The highest BCUT2D eigenvalue weighted by Crippen LogP contribution is 2.15. The second kappa shape index (κ2) is 9.38. The molecule has 0 spiro atoms. The first-order valence-electron chi connectivity index (χ1n) is 9.10. The van der Waals surface area contributed by atoms with E-state index in [1.807, 2.05) is 0 Å². The van der Waals surface area contributed by atoms with Crippen LogP contribution in [-0.2, 0) is 27.9 Å². The highest BCUT2D eigenvalue weighted by Gasteiger charge is 2.14. The predicted molar refractivity (Wildman–Crippen MR) is 111 cm³/mol. The number of hydrogen-bond acceptors (Lipinski definition) is 5. The molecule has 0 aliphatic heterocycles. The Morgan fingerprint density at radius 2 is 1.63 bits per heavy atom. The molecule has 156 valence electrons. The normalized spacial score (nSPS) is 11.1. The van der Waals surface area contributed by atoms with Gasteiger partial charge in [0, 0.05) is 24.7 Å². The molecule has 0 bridgehead atoms. The van der Waals surface area contributed by atoms with Crippen molar-refractivity contribution in [2.75, 3.05) is 5.32 Å². The molecular weight excluding hydrogens is 406 g/mol. The van der Waals surface area contributed by atoms with Crippen molar-refractivity contribution in [3.05, 3.63) is 83.8 Å². The second-order valence-electron chi connectivity index (χ2n) is 6.49. The van der Waals surface area contributed by atoms with Gasteiger partial charge in [-0.15, -0.1) is 0 Å². The van der Waals surface area contributed by atoms with Crippen LogP contribution in [0.1, 0.15) is 28.6 Å². The van der Waals surface area contributed by atoms with Crippen LogP contribution >= 0.6 is 0 Å². The molecule has 0 atom stereocenters. The third-order valence-corrected chi connectivity index (χ3v) is 5.59. The lowest BCUT2D eigenvalue weighted by atomic mass is 10.1. The average molecular weight is 427 g/mol. The van der Waals surface area contributed by atoms with Crippen LogP contribution in [0.15, 0.2) is 76.2 Å². The van der Waals surface area contributed by atoms with E-state index in [0.29, 0.717) is 22.6 Å². The molecule has 3 aromatic rings. The quantitative estimate of drug-likeness (QED) is 0.511. The van der Waals surface area contributed by atoms with E-state index >= 15 is 0 Å². The molecule has 30 heavy (non-hydrogen) atoms. The summed E-state index contributed by atoms with van der Waals surface area (Å²) in [7, 11) is -3.72. The van der Waals surface area contributed by atoms with Gasteiger partial charge in [0.15, 0.2) is 0 Å². The van der Waals surface area contributed by atoms with Crippen molar-refractivity contribution < 1.29 is 22.4 Å². The summed E-state index contributed by atoms with van der Waals surface area (Å²) in [4.78, 5) is 23.3. The summed E-state index contributed by atoms with van der Waals surface area (Å²) < 4.78 is 32.6. The predicted octanol–water partition coefficient (Wildman–Crippen LogP) is 2.65. The zero-order valence-corrected chi connectivity index (χ0v) is 17.0. The fraction of sp³-hybridized carbons (Fsp3) is 0.143. The molecule has 0 saturated heterocycles. The smallest absolute Gasteiger partial charge is 0.251 e. The molecule has 0 saturated carbocycles. The second-order valence-corrected chi connectivity index (χ2v) is 8.26. The highest BCUT2D eigenvalue weighted by atomic mass is 32.2. The Bertz CT molecular complexity index is 1110. The number of carbonyl (C=O) groups is 2. The Morgan fingerprint density at radius 1 is 0.933 bits per heavy atom. The fourth-order valence-electron chi connectivity index (χ4n) is 2.64. The molecular formula is C21H21N3O5S. The lowest BCUT2D eigenvalue weighted by Gasteiger charge is -2.09. The van der Waals surface area contributed by atoms with Crippen molar-refractivity contribution in [3.63, 3.8) is 0 Å². The summed E-state index contributed by atoms with van der Waals surface area (Å²) in [6.45, 7) is 1.73. The lowest BCUT2D eigenvalue weighted by Crippen LogP contribution is -2.24. The van der Waals surface area contributed by atoms with Crippen LogP contribution in [0.25, 0.3) is 0 Å². The van der Waals surface area contributed by atoms with Crippen LogP contribution in [0.3, 0.4) is 0 Å². The standard InChI is InChI=1S/C21H21N3O5S/c1-15(25)24-18-8-10-20(11-9-18)30(27,28)23-13-16-4-6-17(7-5-16)21(26)22-14-19-3-2-12-29-19/h2-12,23H,13-14H2,1H3,(H,22,26)(H,24,25). The number of benzene rings is 2. The molecule has 0 fully saturated rings. The number of hydrogen-bond donors (Lipinski definition) is 3. The summed E-state index contributed by atoms with van der Waals surface area (Å²) in [5.74, 6) is 0.166. The van der Waals surface area contributed by atoms with E-state index in [1.54, 1.807) is 36.4 Å². The number of anilines is 1. The van der Waals surface area contributed by atoms with Gasteiger partial charge >= 0.3 is 0 Å². The third kappa shape index (κ3) is 5.79. The van der Waals surface area contributed by atoms with E-state index < -0.39 is 10.0 Å². The Kier molecular flexibility index (Phi) is 6.65. The molecule has 0 unspecified atom stereocenters. The van der Waals surface area contributed by atoms with Gasteiger partial charge in [-0.2, -0.15) is 0 Å². The Hall–Kier alpha value is -3.43. The maximum Gasteiger partial charge on any atom is 0.251 e. The van der Waals surface area contributed by atoms with Gasteiger partial charge < -0.3 is 15.1 Å². The van der Waals surface area contributed by atoms with E-state index in [4.69, 9.17) is 4.42 Å². The van der Waals surface area contributed by atoms with Crippen LogP contribution in [0.4, 0.5) is 5.69 Å². The molecule has 2 aromatic carbocycles. The molecule has 2 amide bonds. The Labute approximate surface area is 174 Å². The van der Waals surface area contributed by atoms with Gasteiger partial charge in [0.2, 0.25) is 15.9 Å². The SMILES string of the molecule is CC(=O)Nc1ccc(S(=O)(=O)NCc2ccc(C(=O)NCc3ccco3)cc2)cc1. The van der Waals surface area contributed by atoms with Crippen molar-refractivity contribution in [3.8, 4) is 0 Å². The van der Waals surface area contributed by atoms with Crippen molar-refractivity contribution in [1.82, 2.24) is 10.0 Å². The molecule has 3 N–H and O–H groups in total. The number of furan rings is 1. The minimum absolute atomic E-state index is 0.0735. The van der Waals surface area contributed by atoms with E-state index in [0.717, 1.165) is 0 Å². The van der Waals surface area contributed by atoms with Gasteiger partial charge in [-0.3, -0.25) is 9.59 Å². The van der Waals surface area contributed by atoms with Gasteiger partial charge in [-0.25, -0.2) is 13.1 Å². The van der Waals surface area contributed by atoms with Crippen LogP contribution in [0, 0.1) is 0 Å². The number of nitrogens with one attached hydrogen (secondary N) is 3. The van der Waals surface area contributed by atoms with Crippen LogP contribution in [-0.4, -0.2) is 20.2 Å². The molecule has 0 aliphatic carbocycles. The Balaban J connectivity index is 1.55. The number of carbonyl (C=O) groups excluding carboxylic acids is 2.